The van der Waals surface area contributed by atoms with Crippen molar-refractivity contribution in [2.75, 3.05) is 44.8 Å². The summed E-state index contributed by atoms with van der Waals surface area (Å²) in [5, 5.41) is 14.7. The second-order valence-electron chi connectivity index (χ2n) is 6.86. The number of benzene rings is 1. The molecular weight excluding hydrogens is 513 g/mol. The maximum absolute atomic E-state index is 12.2. The van der Waals surface area contributed by atoms with Crippen LogP contribution in [0.5, 0.6) is 0 Å². The first-order valence-electron chi connectivity index (χ1n) is 9.77. The summed E-state index contributed by atoms with van der Waals surface area (Å²) in [5.41, 5.74) is 1.09. The predicted molar refractivity (Wildman–Crippen MR) is 130 cm³/mol. The third kappa shape index (κ3) is 8.36. The van der Waals surface area contributed by atoms with E-state index in [4.69, 9.17) is 27.9 Å². The Morgan fingerprint density at radius 1 is 1.19 bits per heavy atom. The molecule has 1 unspecified atom stereocenters. The van der Waals surface area contributed by atoms with E-state index >= 15 is 0 Å². The Balaban J connectivity index is 1.36. The smallest absolute Gasteiger partial charge is 0.230 e. The molecule has 1 atom stereocenters. The number of thioether (sulfide) groups is 2. The molecule has 2 aromatic rings. The highest BCUT2D eigenvalue weighted by molar-refractivity contribution is 8.03. The van der Waals surface area contributed by atoms with E-state index in [1.165, 1.54) is 34.9 Å². The minimum absolute atomic E-state index is 0.0701. The summed E-state index contributed by atoms with van der Waals surface area (Å²) in [6, 6.07) is 5.65. The van der Waals surface area contributed by atoms with Gasteiger partial charge >= 0.3 is 0 Å². The minimum atomic E-state index is -0.0880. The summed E-state index contributed by atoms with van der Waals surface area (Å²) in [6.07, 6.45) is -0.0743. The first-order chi connectivity index (χ1) is 15.4. The van der Waals surface area contributed by atoms with E-state index in [1.54, 1.807) is 13.1 Å². The molecule has 32 heavy (non-hydrogen) atoms. The van der Waals surface area contributed by atoms with Crippen LogP contribution in [0, 0.1) is 0 Å². The number of nitrogens with one attached hydrogen (secondary N) is 2. The van der Waals surface area contributed by atoms with Crippen molar-refractivity contribution in [3.63, 3.8) is 0 Å². The Bertz CT molecular complexity index is 933. The number of hydrogen-bond donors (Lipinski definition) is 2. The van der Waals surface area contributed by atoms with Gasteiger partial charge in [0.15, 0.2) is 8.68 Å². The number of nitrogens with zero attached hydrogens (tertiary/aromatic N) is 3. The molecule has 1 aromatic carbocycles. The normalized spacial score (nSPS) is 16.7. The molecule has 1 aliphatic rings. The zero-order valence-electron chi connectivity index (χ0n) is 17.3. The molecule has 174 valence electrons. The fourth-order valence-corrected chi connectivity index (χ4v) is 5.91. The van der Waals surface area contributed by atoms with Crippen molar-refractivity contribution in [2.24, 2.45) is 0 Å². The van der Waals surface area contributed by atoms with Crippen LogP contribution in [0.3, 0.4) is 0 Å². The second kappa shape index (κ2) is 13.0. The monoisotopic (exact) mass is 535 g/mol. The number of aromatic nitrogens is 2. The summed E-state index contributed by atoms with van der Waals surface area (Å²) in [4.78, 5) is 25.8. The van der Waals surface area contributed by atoms with Crippen LogP contribution in [0.25, 0.3) is 0 Å². The Kier molecular flexibility index (Phi) is 10.4. The van der Waals surface area contributed by atoms with Gasteiger partial charge in [-0.25, -0.2) is 0 Å². The molecular formula is C19H23Cl2N5O3S3. The average molecular weight is 537 g/mol. The summed E-state index contributed by atoms with van der Waals surface area (Å²) >= 11 is 16.1. The van der Waals surface area contributed by atoms with Gasteiger partial charge in [0.25, 0.3) is 0 Å². The van der Waals surface area contributed by atoms with E-state index in [9.17, 15) is 9.59 Å². The van der Waals surface area contributed by atoms with Gasteiger partial charge in [0, 0.05) is 33.2 Å². The number of morpholine rings is 1. The molecule has 0 spiro atoms. The fraction of sp³-hybridized carbons (Fsp3) is 0.474. The lowest BCUT2D eigenvalue weighted by molar-refractivity contribution is -0.120. The molecule has 13 heteroatoms. The molecule has 2 heterocycles. The molecule has 0 radical (unpaired) electrons. The van der Waals surface area contributed by atoms with Crippen molar-refractivity contribution in [3.05, 3.63) is 33.8 Å². The molecule has 1 fully saturated rings. The van der Waals surface area contributed by atoms with Gasteiger partial charge in [0.05, 0.1) is 34.3 Å². The van der Waals surface area contributed by atoms with Gasteiger partial charge < -0.3 is 15.4 Å². The van der Waals surface area contributed by atoms with Gasteiger partial charge in [-0.3, -0.25) is 14.5 Å². The van der Waals surface area contributed by atoms with E-state index in [0.29, 0.717) is 37.6 Å². The standard InChI is InChI=1S/C19H23Cl2N5O3S3/c1-22-16(27)10-30-18-24-25-19(32-18)31-11-17(28)23-7-13-9-26(4-5-29-13)8-12-2-3-14(20)15(21)6-12/h2-3,6,13H,4-5,7-11H2,1H3,(H,22,27)(H,23,28). The zero-order chi connectivity index (χ0) is 22.9. The largest absolute Gasteiger partial charge is 0.374 e. The van der Waals surface area contributed by atoms with Crippen LogP contribution in [-0.4, -0.2) is 77.8 Å². The van der Waals surface area contributed by atoms with Crippen LogP contribution in [0.2, 0.25) is 10.0 Å². The molecule has 1 saturated heterocycles. The minimum Gasteiger partial charge on any atom is -0.374 e. The van der Waals surface area contributed by atoms with Crippen LogP contribution in [0.15, 0.2) is 26.9 Å². The molecule has 0 saturated carbocycles. The third-order valence-electron chi connectivity index (χ3n) is 4.46. The van der Waals surface area contributed by atoms with Gasteiger partial charge in [0.1, 0.15) is 0 Å². The Morgan fingerprint density at radius 3 is 2.59 bits per heavy atom. The van der Waals surface area contributed by atoms with E-state index in [0.717, 1.165) is 25.2 Å². The second-order valence-corrected chi connectivity index (χ2v) is 11.1. The lowest BCUT2D eigenvalue weighted by Gasteiger charge is -2.33. The van der Waals surface area contributed by atoms with Gasteiger partial charge in [-0.2, -0.15) is 0 Å². The molecule has 2 amide bonds. The van der Waals surface area contributed by atoms with Crippen molar-refractivity contribution >= 4 is 69.9 Å². The Labute approximate surface area is 209 Å². The van der Waals surface area contributed by atoms with Gasteiger partial charge in [0.2, 0.25) is 11.8 Å². The predicted octanol–water partition coefficient (Wildman–Crippen LogP) is 2.79. The highest BCUT2D eigenvalue weighted by Crippen LogP contribution is 2.28. The van der Waals surface area contributed by atoms with Crippen molar-refractivity contribution in [2.45, 2.75) is 21.3 Å². The summed E-state index contributed by atoms with van der Waals surface area (Å²) < 4.78 is 7.19. The fourth-order valence-electron chi connectivity index (χ4n) is 2.86. The van der Waals surface area contributed by atoms with Gasteiger partial charge in [-0.1, -0.05) is 64.1 Å². The van der Waals surface area contributed by atoms with Gasteiger partial charge in [-0.15, -0.1) is 10.2 Å². The van der Waals surface area contributed by atoms with Crippen molar-refractivity contribution in [3.8, 4) is 0 Å². The first-order valence-corrected chi connectivity index (χ1v) is 13.3. The average Bonchev–Trinajstić information content (AvgIpc) is 3.25. The van der Waals surface area contributed by atoms with Crippen molar-refractivity contribution in [1.82, 2.24) is 25.7 Å². The maximum atomic E-state index is 12.2. The molecule has 0 bridgehead atoms. The zero-order valence-corrected chi connectivity index (χ0v) is 21.3. The first kappa shape index (κ1) is 25.5. The van der Waals surface area contributed by atoms with Crippen LogP contribution in [0.4, 0.5) is 0 Å². The Hall–Kier alpha value is -1.08. The molecule has 1 aromatic heterocycles. The van der Waals surface area contributed by atoms with Crippen molar-refractivity contribution in [1.29, 1.82) is 0 Å². The van der Waals surface area contributed by atoms with Crippen molar-refractivity contribution < 1.29 is 14.3 Å². The quantitative estimate of drug-likeness (QED) is 0.448. The summed E-state index contributed by atoms with van der Waals surface area (Å²) in [6.45, 7) is 3.34. The van der Waals surface area contributed by atoms with E-state index < -0.39 is 0 Å². The lowest BCUT2D eigenvalue weighted by atomic mass is 10.2. The van der Waals surface area contributed by atoms with Gasteiger partial charge in [-0.05, 0) is 17.7 Å². The van der Waals surface area contributed by atoms with E-state index in [1.807, 2.05) is 12.1 Å². The van der Waals surface area contributed by atoms with E-state index in [-0.39, 0.29) is 23.7 Å². The van der Waals surface area contributed by atoms with Crippen LogP contribution >= 0.6 is 58.1 Å². The number of carbonyl (C=O) groups excluding carboxylic acids is 2. The lowest BCUT2D eigenvalue weighted by Crippen LogP contribution is -2.47. The molecule has 0 aliphatic carbocycles. The van der Waals surface area contributed by atoms with E-state index in [2.05, 4.69) is 25.7 Å². The van der Waals surface area contributed by atoms with Crippen LogP contribution in [-0.2, 0) is 20.9 Å². The highest BCUT2D eigenvalue weighted by atomic mass is 35.5. The number of carbonyl (C=O) groups is 2. The molecule has 3 rings (SSSR count). The SMILES string of the molecule is CNC(=O)CSc1nnc(SCC(=O)NCC2CN(Cc3ccc(Cl)c(Cl)c3)CCO2)s1. The summed E-state index contributed by atoms with van der Waals surface area (Å²) in [5.74, 6) is 0.378. The number of hydrogen-bond acceptors (Lipinski definition) is 9. The number of amides is 2. The third-order valence-corrected chi connectivity index (χ3v) is 8.39. The number of halogens is 2. The summed E-state index contributed by atoms with van der Waals surface area (Å²) in [7, 11) is 1.59. The molecule has 1 aliphatic heterocycles. The molecule has 8 nitrogen and oxygen atoms in total. The Morgan fingerprint density at radius 2 is 1.91 bits per heavy atom. The molecule has 2 N–H and O–H groups in total. The number of rotatable bonds is 10. The van der Waals surface area contributed by atoms with Crippen LogP contribution in [0.1, 0.15) is 5.56 Å². The topological polar surface area (TPSA) is 96.5 Å². The maximum Gasteiger partial charge on any atom is 0.230 e. The van der Waals surface area contributed by atoms with Crippen LogP contribution < -0.4 is 10.6 Å². The number of ether oxygens (including phenoxy) is 1. The highest BCUT2D eigenvalue weighted by Gasteiger charge is 2.21.